The topological polar surface area (TPSA) is 74.4 Å². The van der Waals surface area contributed by atoms with Crippen molar-refractivity contribution in [1.29, 1.82) is 0 Å². The van der Waals surface area contributed by atoms with Crippen LogP contribution in [0.4, 0.5) is 0 Å². The summed E-state index contributed by atoms with van der Waals surface area (Å²) in [7, 11) is 5.18. The minimum absolute atomic E-state index is 0.0285. The van der Waals surface area contributed by atoms with Gasteiger partial charge in [-0.2, -0.15) is 0 Å². The molecule has 3 heterocycles. The molecule has 8 heteroatoms. The second kappa shape index (κ2) is 7.27. The van der Waals surface area contributed by atoms with Crippen molar-refractivity contribution < 1.29 is 9.47 Å². The van der Waals surface area contributed by atoms with Gasteiger partial charge in [0.25, 0.3) is 5.56 Å². The summed E-state index contributed by atoms with van der Waals surface area (Å²) in [5, 5.41) is 0.553. The van der Waals surface area contributed by atoms with Crippen molar-refractivity contribution in [1.82, 2.24) is 24.0 Å². The van der Waals surface area contributed by atoms with E-state index in [0.717, 1.165) is 37.7 Å². The quantitative estimate of drug-likeness (QED) is 0.680. The summed E-state index contributed by atoms with van der Waals surface area (Å²) < 4.78 is 14.6. The van der Waals surface area contributed by atoms with Crippen molar-refractivity contribution in [2.75, 3.05) is 27.3 Å². The van der Waals surface area contributed by atoms with Crippen molar-refractivity contribution in [3.8, 4) is 11.5 Å². The third kappa shape index (κ3) is 3.13. The first kappa shape index (κ1) is 18.5. The zero-order valence-electron chi connectivity index (χ0n) is 16.7. The molecule has 4 rings (SSSR count). The summed E-state index contributed by atoms with van der Waals surface area (Å²) in [5.74, 6) is 2.93. The number of hydrogen-bond acceptors (Lipinski definition) is 6. The van der Waals surface area contributed by atoms with Gasteiger partial charge in [0.2, 0.25) is 0 Å². The Morgan fingerprint density at radius 2 is 1.86 bits per heavy atom. The van der Waals surface area contributed by atoms with Gasteiger partial charge in [0.1, 0.15) is 11.6 Å². The number of methoxy groups -OCH3 is 2. The molecule has 0 N–H and O–H groups in total. The molecule has 1 aliphatic rings. The molecule has 28 heavy (non-hydrogen) atoms. The lowest BCUT2D eigenvalue weighted by Crippen LogP contribution is -2.29. The maximum Gasteiger partial charge on any atom is 0.261 e. The van der Waals surface area contributed by atoms with Crippen LogP contribution in [0.25, 0.3) is 10.9 Å². The average molecular weight is 383 g/mol. The molecule has 8 nitrogen and oxygen atoms in total. The van der Waals surface area contributed by atoms with Crippen molar-refractivity contribution in [3.63, 3.8) is 0 Å². The summed E-state index contributed by atoms with van der Waals surface area (Å²) in [6.45, 7) is 5.05. The van der Waals surface area contributed by atoms with Gasteiger partial charge in [-0.05, 0) is 13.0 Å². The fraction of sp³-hybridized carbons (Fsp3) is 0.450. The summed E-state index contributed by atoms with van der Waals surface area (Å²) in [6, 6.07) is 3.50. The molecule has 0 spiro atoms. The number of ether oxygens (including phenoxy) is 2. The van der Waals surface area contributed by atoms with E-state index < -0.39 is 0 Å². The lowest BCUT2D eigenvalue weighted by atomic mass is 10.2. The van der Waals surface area contributed by atoms with Gasteiger partial charge in [-0.3, -0.25) is 14.3 Å². The predicted octanol–water partition coefficient (Wildman–Crippen LogP) is 1.51. The number of nitrogens with zero attached hydrogens (tertiary/aromatic N) is 5. The maximum absolute atomic E-state index is 13.1. The Morgan fingerprint density at radius 1 is 1.11 bits per heavy atom. The number of fused-ring (bicyclic) bond motifs is 2. The Bertz CT molecular complexity index is 1090. The lowest BCUT2D eigenvalue weighted by Gasteiger charge is -2.19. The number of aromatic nitrogens is 4. The monoisotopic (exact) mass is 383 g/mol. The van der Waals surface area contributed by atoms with Crippen LogP contribution in [0.1, 0.15) is 17.3 Å². The second-order valence-corrected chi connectivity index (χ2v) is 7.09. The first-order chi connectivity index (χ1) is 13.5. The first-order valence-electron chi connectivity index (χ1n) is 9.36. The highest BCUT2D eigenvalue weighted by molar-refractivity contribution is 5.82. The predicted molar refractivity (Wildman–Crippen MR) is 106 cm³/mol. The minimum Gasteiger partial charge on any atom is -0.493 e. The third-order valence-corrected chi connectivity index (χ3v) is 5.53. The van der Waals surface area contributed by atoms with E-state index in [1.54, 1.807) is 30.9 Å². The summed E-state index contributed by atoms with van der Waals surface area (Å²) in [5.41, 5.74) is 1.78. The molecule has 0 bridgehead atoms. The maximum atomic E-state index is 13.1. The standard InChI is InChI=1S/C20H25N5O3/c1-13-21-11-14(23(13)2)12-24-6-5-19-22-16-10-18(28-4)17(27-3)9-15(16)20(26)25(19)8-7-24/h9-11H,5-8,12H2,1-4H3. The van der Waals surface area contributed by atoms with Gasteiger partial charge >= 0.3 is 0 Å². The van der Waals surface area contributed by atoms with Crippen molar-refractivity contribution in [2.45, 2.75) is 26.4 Å². The van der Waals surface area contributed by atoms with Gasteiger partial charge in [-0.25, -0.2) is 9.97 Å². The number of benzene rings is 1. The molecule has 0 unspecified atom stereocenters. The molecule has 0 fully saturated rings. The molecule has 1 aliphatic heterocycles. The Balaban J connectivity index is 1.66. The molecule has 2 aromatic heterocycles. The zero-order chi connectivity index (χ0) is 19.8. The SMILES string of the molecule is COc1cc2nc3n(c(=O)c2cc1OC)CCN(Cc1cnc(C)n1C)CC3. The lowest BCUT2D eigenvalue weighted by molar-refractivity contribution is 0.265. The Labute approximate surface area is 163 Å². The Kier molecular flexibility index (Phi) is 4.80. The van der Waals surface area contributed by atoms with Gasteiger partial charge in [-0.1, -0.05) is 0 Å². The van der Waals surface area contributed by atoms with Gasteiger partial charge < -0.3 is 14.0 Å². The molecule has 0 saturated carbocycles. The fourth-order valence-electron chi connectivity index (χ4n) is 3.71. The van der Waals surface area contributed by atoms with E-state index in [-0.39, 0.29) is 5.56 Å². The Hall–Kier alpha value is -2.87. The molecule has 0 radical (unpaired) electrons. The summed E-state index contributed by atoms with van der Waals surface area (Å²) in [6.07, 6.45) is 2.64. The first-order valence-corrected chi connectivity index (χ1v) is 9.36. The average Bonchev–Trinajstić information content (AvgIpc) is 2.90. The third-order valence-electron chi connectivity index (χ3n) is 5.53. The molecule has 0 aliphatic carbocycles. The molecular formula is C20H25N5O3. The number of hydrogen-bond donors (Lipinski definition) is 0. The van der Waals surface area contributed by atoms with E-state index in [2.05, 4.69) is 14.5 Å². The molecule has 0 saturated heterocycles. The number of imidazole rings is 1. The van der Waals surface area contributed by atoms with Crippen molar-refractivity contribution in [2.24, 2.45) is 7.05 Å². The molecular weight excluding hydrogens is 358 g/mol. The number of rotatable bonds is 4. The smallest absolute Gasteiger partial charge is 0.261 e. The van der Waals surface area contributed by atoms with E-state index in [1.807, 2.05) is 20.2 Å². The highest BCUT2D eigenvalue weighted by Gasteiger charge is 2.20. The van der Waals surface area contributed by atoms with Gasteiger partial charge in [0.05, 0.1) is 30.8 Å². The molecule has 148 valence electrons. The van der Waals surface area contributed by atoms with Crippen LogP contribution in [0.3, 0.4) is 0 Å². The van der Waals surface area contributed by atoms with E-state index in [9.17, 15) is 4.79 Å². The van der Waals surface area contributed by atoms with E-state index in [1.165, 1.54) is 5.69 Å². The number of aryl methyl sites for hydroxylation is 1. The van der Waals surface area contributed by atoms with Crippen LogP contribution in [0.2, 0.25) is 0 Å². The molecule has 0 amide bonds. The van der Waals surface area contributed by atoms with Gasteiger partial charge in [-0.15, -0.1) is 0 Å². The van der Waals surface area contributed by atoms with Crippen LogP contribution < -0.4 is 15.0 Å². The van der Waals surface area contributed by atoms with Gasteiger partial charge in [0, 0.05) is 51.9 Å². The Morgan fingerprint density at radius 3 is 2.54 bits per heavy atom. The zero-order valence-corrected chi connectivity index (χ0v) is 16.7. The summed E-state index contributed by atoms with van der Waals surface area (Å²) in [4.78, 5) is 24.6. The van der Waals surface area contributed by atoms with Crippen LogP contribution in [0.5, 0.6) is 11.5 Å². The van der Waals surface area contributed by atoms with Crippen molar-refractivity contribution >= 4 is 10.9 Å². The van der Waals surface area contributed by atoms with E-state index in [0.29, 0.717) is 28.9 Å². The minimum atomic E-state index is -0.0285. The van der Waals surface area contributed by atoms with Crippen LogP contribution in [0, 0.1) is 6.92 Å². The second-order valence-electron chi connectivity index (χ2n) is 7.09. The highest BCUT2D eigenvalue weighted by Crippen LogP contribution is 2.30. The molecule has 1 aromatic carbocycles. The van der Waals surface area contributed by atoms with E-state index in [4.69, 9.17) is 14.5 Å². The van der Waals surface area contributed by atoms with Crippen LogP contribution in [-0.2, 0) is 26.6 Å². The van der Waals surface area contributed by atoms with Crippen LogP contribution in [0.15, 0.2) is 23.1 Å². The largest absolute Gasteiger partial charge is 0.493 e. The summed E-state index contributed by atoms with van der Waals surface area (Å²) >= 11 is 0. The molecule has 0 atom stereocenters. The van der Waals surface area contributed by atoms with Gasteiger partial charge in [0.15, 0.2) is 11.5 Å². The van der Waals surface area contributed by atoms with Crippen LogP contribution in [-0.4, -0.2) is 51.3 Å². The molecule has 3 aromatic rings. The van der Waals surface area contributed by atoms with Crippen LogP contribution >= 0.6 is 0 Å². The normalized spacial score (nSPS) is 14.7. The van der Waals surface area contributed by atoms with E-state index >= 15 is 0 Å². The highest BCUT2D eigenvalue weighted by atomic mass is 16.5. The fourth-order valence-corrected chi connectivity index (χ4v) is 3.71. The van der Waals surface area contributed by atoms with Crippen molar-refractivity contribution in [3.05, 3.63) is 46.0 Å².